The van der Waals surface area contributed by atoms with Gasteiger partial charge in [-0.1, -0.05) is 25.4 Å². The van der Waals surface area contributed by atoms with Gasteiger partial charge < -0.3 is 14.6 Å². The Morgan fingerprint density at radius 2 is 1.97 bits per heavy atom. The van der Waals surface area contributed by atoms with Gasteiger partial charge >= 0.3 is 6.09 Å². The van der Waals surface area contributed by atoms with Crippen molar-refractivity contribution in [1.82, 2.24) is 19.5 Å². The van der Waals surface area contributed by atoms with Crippen LogP contribution in [0.3, 0.4) is 0 Å². The van der Waals surface area contributed by atoms with Gasteiger partial charge in [0.1, 0.15) is 12.4 Å². The monoisotopic (exact) mass is 438 g/mol. The lowest BCUT2D eigenvalue weighted by molar-refractivity contribution is 0.177. The first-order chi connectivity index (χ1) is 14.9. The van der Waals surface area contributed by atoms with Crippen LogP contribution in [-0.2, 0) is 10.3 Å². The van der Waals surface area contributed by atoms with Crippen LogP contribution in [-0.4, -0.2) is 38.3 Å². The Labute approximate surface area is 185 Å². The topological polar surface area (TPSA) is 85.2 Å². The molecule has 8 nitrogen and oxygen atoms in total. The molecule has 1 aliphatic carbocycles. The number of halogens is 1. The quantitative estimate of drug-likeness (QED) is 0.614. The second-order valence-corrected chi connectivity index (χ2v) is 8.78. The van der Waals surface area contributed by atoms with Crippen molar-refractivity contribution in [2.24, 2.45) is 5.92 Å². The second-order valence-electron chi connectivity index (χ2n) is 8.35. The van der Waals surface area contributed by atoms with Gasteiger partial charge in [0.15, 0.2) is 0 Å². The molecule has 1 aromatic carbocycles. The molecular weight excluding hydrogens is 416 g/mol. The van der Waals surface area contributed by atoms with E-state index in [2.05, 4.69) is 34.1 Å². The molecule has 1 unspecified atom stereocenters. The maximum atomic E-state index is 12.3. The van der Waals surface area contributed by atoms with E-state index in [4.69, 9.17) is 16.3 Å². The normalized spacial score (nSPS) is 19.5. The first-order valence-corrected chi connectivity index (χ1v) is 10.7. The van der Waals surface area contributed by atoms with E-state index in [0.29, 0.717) is 23.4 Å². The van der Waals surface area contributed by atoms with Gasteiger partial charge in [0.2, 0.25) is 5.95 Å². The van der Waals surface area contributed by atoms with Crippen LogP contribution in [0.4, 0.5) is 16.6 Å². The largest absolute Gasteiger partial charge is 0.447 e. The summed E-state index contributed by atoms with van der Waals surface area (Å²) in [5.74, 6) is 1.27. The van der Waals surface area contributed by atoms with Crippen LogP contribution in [0.1, 0.15) is 32.4 Å². The van der Waals surface area contributed by atoms with Crippen molar-refractivity contribution in [3.63, 3.8) is 0 Å². The minimum absolute atomic E-state index is 0.0415. The molecular formula is C22H23ClN6O2. The van der Waals surface area contributed by atoms with Crippen molar-refractivity contribution in [2.75, 3.05) is 16.8 Å². The average Bonchev–Trinajstić information content (AvgIpc) is 3.18. The minimum Gasteiger partial charge on any atom is -0.447 e. The molecule has 31 heavy (non-hydrogen) atoms. The van der Waals surface area contributed by atoms with E-state index in [1.807, 2.05) is 35.0 Å². The lowest BCUT2D eigenvalue weighted by atomic mass is 10.0. The number of carbonyl (C=O) groups excluding carboxylic acids is 1. The van der Waals surface area contributed by atoms with Crippen LogP contribution >= 0.6 is 11.6 Å². The number of aromatic nitrogens is 4. The number of ether oxygens (including phenoxy) is 1. The lowest BCUT2D eigenvalue weighted by Gasteiger charge is -2.24. The Bertz CT molecular complexity index is 1110. The molecule has 2 fully saturated rings. The van der Waals surface area contributed by atoms with Gasteiger partial charge in [-0.25, -0.2) is 14.8 Å². The van der Waals surface area contributed by atoms with Gasteiger partial charge in [-0.2, -0.15) is 4.98 Å². The molecule has 160 valence electrons. The van der Waals surface area contributed by atoms with E-state index >= 15 is 0 Å². The molecule has 1 saturated heterocycles. The van der Waals surface area contributed by atoms with Crippen LogP contribution < -0.4 is 10.2 Å². The SMILES string of the molecule is CC(C)C1COC(=O)N1c1ccnc(NC2(c3cn(-c4ccc(Cl)cc4)cn3)CC2)n1. The Morgan fingerprint density at radius 3 is 2.68 bits per heavy atom. The van der Waals surface area contributed by atoms with Crippen molar-refractivity contribution in [3.05, 3.63) is 59.8 Å². The van der Waals surface area contributed by atoms with Crippen molar-refractivity contribution >= 4 is 29.5 Å². The zero-order chi connectivity index (χ0) is 21.6. The zero-order valence-electron chi connectivity index (χ0n) is 17.3. The minimum atomic E-state index is -0.369. The summed E-state index contributed by atoms with van der Waals surface area (Å²) in [6.45, 7) is 4.50. The third-order valence-corrected chi connectivity index (χ3v) is 6.11. The lowest BCUT2D eigenvalue weighted by Crippen LogP contribution is -2.38. The Balaban J connectivity index is 1.38. The van der Waals surface area contributed by atoms with Crippen LogP contribution in [0.2, 0.25) is 5.02 Å². The standard InChI is InChI=1S/C22H23ClN6O2/c1-14(2)17-12-31-21(30)29(17)19-7-10-24-20(26-19)27-22(8-9-22)18-11-28(13-25-18)16-5-3-15(23)4-6-16/h3-7,10-11,13-14,17H,8-9,12H2,1-2H3,(H,24,26,27). The molecule has 2 aromatic heterocycles. The van der Waals surface area contributed by atoms with E-state index < -0.39 is 0 Å². The van der Waals surface area contributed by atoms with Crippen LogP contribution in [0.25, 0.3) is 5.69 Å². The molecule has 3 heterocycles. The molecule has 0 radical (unpaired) electrons. The number of hydrogen-bond acceptors (Lipinski definition) is 6. The number of benzene rings is 1. The average molecular weight is 439 g/mol. The van der Waals surface area contributed by atoms with Gasteiger partial charge in [-0.15, -0.1) is 0 Å². The third-order valence-electron chi connectivity index (χ3n) is 5.86. The molecule has 1 N–H and O–H groups in total. The highest BCUT2D eigenvalue weighted by atomic mass is 35.5. The zero-order valence-corrected chi connectivity index (χ0v) is 18.1. The molecule has 1 amide bonds. The first kappa shape index (κ1) is 19.8. The summed E-state index contributed by atoms with van der Waals surface area (Å²) >= 11 is 5.99. The Kier molecular flexibility index (Phi) is 4.81. The molecule has 9 heteroatoms. The molecule has 0 spiro atoms. The molecule has 5 rings (SSSR count). The van der Waals surface area contributed by atoms with Crippen molar-refractivity contribution in [2.45, 2.75) is 38.3 Å². The van der Waals surface area contributed by atoms with Gasteiger partial charge in [0.05, 0.1) is 23.6 Å². The summed E-state index contributed by atoms with van der Waals surface area (Å²) in [4.78, 5) is 27.5. The summed E-state index contributed by atoms with van der Waals surface area (Å²) in [6, 6.07) is 9.31. The highest BCUT2D eigenvalue weighted by Crippen LogP contribution is 2.47. The number of carbonyl (C=O) groups is 1. The number of hydrogen-bond donors (Lipinski definition) is 1. The van der Waals surface area contributed by atoms with E-state index in [1.165, 1.54) is 0 Å². The molecule has 3 aromatic rings. The predicted octanol–water partition coefficient (Wildman–Crippen LogP) is 4.40. The maximum Gasteiger partial charge on any atom is 0.415 e. The summed E-state index contributed by atoms with van der Waals surface area (Å²) < 4.78 is 7.22. The number of anilines is 2. The third kappa shape index (κ3) is 3.72. The fraction of sp³-hybridized carbons (Fsp3) is 0.364. The van der Waals surface area contributed by atoms with Crippen LogP contribution in [0.15, 0.2) is 49.1 Å². The van der Waals surface area contributed by atoms with Crippen LogP contribution in [0, 0.1) is 5.92 Å². The number of nitrogens with one attached hydrogen (secondary N) is 1. The van der Waals surface area contributed by atoms with Crippen molar-refractivity contribution < 1.29 is 9.53 Å². The predicted molar refractivity (Wildman–Crippen MR) is 118 cm³/mol. The first-order valence-electron chi connectivity index (χ1n) is 10.3. The summed E-state index contributed by atoms with van der Waals surface area (Å²) in [5, 5.41) is 4.14. The summed E-state index contributed by atoms with van der Waals surface area (Å²) in [5.41, 5.74) is 1.61. The highest BCUT2D eigenvalue weighted by molar-refractivity contribution is 6.30. The molecule has 1 aliphatic heterocycles. The molecule has 2 aliphatic rings. The molecule has 1 atom stereocenters. The number of amides is 1. The number of imidazole rings is 1. The van der Waals surface area contributed by atoms with E-state index in [0.717, 1.165) is 24.2 Å². The number of cyclic esters (lactones) is 1. The Morgan fingerprint density at radius 1 is 1.19 bits per heavy atom. The van der Waals surface area contributed by atoms with E-state index in [-0.39, 0.29) is 23.6 Å². The van der Waals surface area contributed by atoms with Crippen LogP contribution in [0.5, 0.6) is 0 Å². The van der Waals surface area contributed by atoms with Gasteiger partial charge in [-0.05, 0) is 49.1 Å². The van der Waals surface area contributed by atoms with Gasteiger partial charge in [0, 0.05) is 23.1 Å². The summed E-state index contributed by atoms with van der Waals surface area (Å²) in [7, 11) is 0. The molecule has 0 bridgehead atoms. The van der Waals surface area contributed by atoms with E-state index in [9.17, 15) is 4.79 Å². The molecule has 1 saturated carbocycles. The van der Waals surface area contributed by atoms with Crippen molar-refractivity contribution in [3.8, 4) is 5.69 Å². The highest BCUT2D eigenvalue weighted by Gasteiger charge is 2.47. The second kappa shape index (κ2) is 7.53. The van der Waals surface area contributed by atoms with E-state index in [1.54, 1.807) is 23.5 Å². The van der Waals surface area contributed by atoms with Gasteiger partial charge in [-0.3, -0.25) is 4.90 Å². The van der Waals surface area contributed by atoms with Gasteiger partial charge in [0.25, 0.3) is 0 Å². The fourth-order valence-corrected chi connectivity index (χ4v) is 3.97. The van der Waals surface area contributed by atoms with Crippen molar-refractivity contribution in [1.29, 1.82) is 0 Å². The smallest absolute Gasteiger partial charge is 0.415 e. The summed E-state index contributed by atoms with van der Waals surface area (Å²) in [6.07, 6.45) is 6.96. The fourth-order valence-electron chi connectivity index (χ4n) is 3.84. The number of nitrogens with zero attached hydrogens (tertiary/aromatic N) is 5. The Hall–Kier alpha value is -3.13. The number of rotatable bonds is 6. The maximum absolute atomic E-state index is 12.3.